The molecule has 110 valence electrons. The molecule has 3 aromatic rings. The fourth-order valence-corrected chi connectivity index (χ4v) is 2.63. The Morgan fingerprint density at radius 3 is 2.68 bits per heavy atom. The molecule has 0 spiro atoms. The van der Waals surface area contributed by atoms with E-state index in [0.717, 1.165) is 28.2 Å². The smallest absolute Gasteiger partial charge is 0.227 e. The maximum atomic E-state index is 4.61. The number of hydrogen-bond donors (Lipinski definition) is 1. The van der Waals surface area contributed by atoms with Crippen molar-refractivity contribution in [3.63, 3.8) is 0 Å². The van der Waals surface area contributed by atoms with Gasteiger partial charge in [0.25, 0.3) is 0 Å². The number of hydrogen-bond acceptors (Lipinski definition) is 4. The Bertz CT molecular complexity index is 803. The first-order valence-corrected chi connectivity index (χ1v) is 7.99. The van der Waals surface area contributed by atoms with Crippen LogP contribution in [0.5, 0.6) is 0 Å². The highest BCUT2D eigenvalue weighted by atomic mass is 127. The minimum atomic E-state index is 0.601. The molecule has 0 fully saturated rings. The molecule has 0 aliphatic heterocycles. The number of halogens is 1. The summed E-state index contributed by atoms with van der Waals surface area (Å²) in [6.07, 6.45) is 3.56. The second-order valence-electron chi connectivity index (χ2n) is 5.04. The third-order valence-electron chi connectivity index (χ3n) is 3.26. The molecule has 1 N–H and O–H groups in total. The van der Waals surface area contributed by atoms with Gasteiger partial charge in [-0.15, -0.1) is 0 Å². The van der Waals surface area contributed by atoms with Gasteiger partial charge in [0.15, 0.2) is 0 Å². The van der Waals surface area contributed by atoms with Crippen molar-refractivity contribution in [1.82, 2.24) is 15.0 Å². The van der Waals surface area contributed by atoms with Gasteiger partial charge in [0.1, 0.15) is 0 Å². The summed E-state index contributed by atoms with van der Waals surface area (Å²) in [6.45, 7) is 4.03. The Kier molecular flexibility index (Phi) is 4.33. The number of rotatable bonds is 3. The molecular formula is C17H15IN4. The fourth-order valence-electron chi connectivity index (χ4n) is 2.14. The minimum absolute atomic E-state index is 0.601. The van der Waals surface area contributed by atoms with Crippen molar-refractivity contribution in [2.45, 2.75) is 13.8 Å². The molecule has 0 radical (unpaired) electrons. The first-order valence-electron chi connectivity index (χ1n) is 6.91. The number of anilines is 2. The quantitative estimate of drug-likeness (QED) is 0.656. The highest BCUT2D eigenvalue weighted by molar-refractivity contribution is 14.1. The molecule has 22 heavy (non-hydrogen) atoms. The van der Waals surface area contributed by atoms with Gasteiger partial charge in [-0.05, 0) is 72.3 Å². The SMILES string of the molecule is Cc1cc(-c2cccnc2)nc(Nc2cc(I)ccc2C)n1. The van der Waals surface area contributed by atoms with E-state index < -0.39 is 0 Å². The van der Waals surface area contributed by atoms with Crippen molar-refractivity contribution in [2.75, 3.05) is 5.32 Å². The van der Waals surface area contributed by atoms with E-state index in [-0.39, 0.29) is 0 Å². The molecule has 2 heterocycles. The first-order chi connectivity index (χ1) is 10.6. The lowest BCUT2D eigenvalue weighted by Gasteiger charge is -2.10. The minimum Gasteiger partial charge on any atom is -0.324 e. The third kappa shape index (κ3) is 3.41. The van der Waals surface area contributed by atoms with Gasteiger partial charge in [-0.25, -0.2) is 9.97 Å². The van der Waals surface area contributed by atoms with E-state index in [2.05, 4.69) is 68.0 Å². The molecular weight excluding hydrogens is 387 g/mol. The molecule has 0 aliphatic carbocycles. The molecule has 0 bridgehead atoms. The molecule has 3 rings (SSSR count). The molecule has 5 heteroatoms. The predicted molar refractivity (Wildman–Crippen MR) is 97.2 cm³/mol. The van der Waals surface area contributed by atoms with E-state index in [1.165, 1.54) is 3.57 Å². The maximum absolute atomic E-state index is 4.61. The van der Waals surface area contributed by atoms with Gasteiger partial charge in [0, 0.05) is 32.9 Å². The summed E-state index contributed by atoms with van der Waals surface area (Å²) in [5.41, 5.74) is 4.95. The summed E-state index contributed by atoms with van der Waals surface area (Å²) >= 11 is 2.30. The molecule has 0 saturated carbocycles. The number of benzene rings is 1. The molecule has 0 unspecified atom stereocenters. The van der Waals surface area contributed by atoms with Crippen LogP contribution in [0.1, 0.15) is 11.3 Å². The first kappa shape index (κ1) is 14.9. The van der Waals surface area contributed by atoms with Gasteiger partial charge >= 0.3 is 0 Å². The molecule has 4 nitrogen and oxygen atoms in total. The van der Waals surface area contributed by atoms with E-state index in [0.29, 0.717) is 5.95 Å². The van der Waals surface area contributed by atoms with Crippen LogP contribution in [0.15, 0.2) is 48.8 Å². The number of pyridine rings is 1. The van der Waals surface area contributed by atoms with Gasteiger partial charge in [-0.1, -0.05) is 6.07 Å². The lowest BCUT2D eigenvalue weighted by molar-refractivity contribution is 1.10. The zero-order valence-electron chi connectivity index (χ0n) is 12.3. The summed E-state index contributed by atoms with van der Waals surface area (Å²) in [4.78, 5) is 13.2. The second kappa shape index (κ2) is 6.39. The zero-order chi connectivity index (χ0) is 15.5. The summed E-state index contributed by atoms with van der Waals surface area (Å²) in [7, 11) is 0. The van der Waals surface area contributed by atoms with Crippen LogP contribution in [-0.4, -0.2) is 15.0 Å². The summed E-state index contributed by atoms with van der Waals surface area (Å²) < 4.78 is 1.17. The van der Waals surface area contributed by atoms with Crippen LogP contribution in [0.25, 0.3) is 11.3 Å². The fraction of sp³-hybridized carbons (Fsp3) is 0.118. The number of nitrogens with one attached hydrogen (secondary N) is 1. The summed E-state index contributed by atoms with van der Waals surface area (Å²) in [5, 5.41) is 3.32. The van der Waals surface area contributed by atoms with Crippen LogP contribution in [0, 0.1) is 17.4 Å². The van der Waals surface area contributed by atoms with Crippen LogP contribution in [0.4, 0.5) is 11.6 Å². The van der Waals surface area contributed by atoms with Crippen LogP contribution in [0.3, 0.4) is 0 Å². The van der Waals surface area contributed by atoms with Gasteiger partial charge in [-0.2, -0.15) is 0 Å². The molecule has 1 aromatic carbocycles. The summed E-state index contributed by atoms with van der Waals surface area (Å²) in [6, 6.07) is 12.1. The summed E-state index contributed by atoms with van der Waals surface area (Å²) in [5.74, 6) is 0.601. The van der Waals surface area contributed by atoms with Crippen molar-refractivity contribution in [2.24, 2.45) is 0 Å². The highest BCUT2D eigenvalue weighted by Crippen LogP contribution is 2.23. The monoisotopic (exact) mass is 402 g/mol. The topological polar surface area (TPSA) is 50.7 Å². The van der Waals surface area contributed by atoms with Crippen molar-refractivity contribution in [3.8, 4) is 11.3 Å². The van der Waals surface area contributed by atoms with Crippen LogP contribution >= 0.6 is 22.6 Å². The highest BCUT2D eigenvalue weighted by Gasteiger charge is 2.07. The van der Waals surface area contributed by atoms with Gasteiger partial charge in [-0.3, -0.25) is 4.98 Å². The van der Waals surface area contributed by atoms with Crippen LogP contribution in [0.2, 0.25) is 0 Å². The number of nitrogens with zero attached hydrogens (tertiary/aromatic N) is 3. The average Bonchev–Trinajstić information content (AvgIpc) is 2.51. The largest absolute Gasteiger partial charge is 0.324 e. The van der Waals surface area contributed by atoms with E-state index in [9.17, 15) is 0 Å². The Morgan fingerprint density at radius 1 is 1.05 bits per heavy atom. The number of aryl methyl sites for hydroxylation is 2. The third-order valence-corrected chi connectivity index (χ3v) is 3.93. The molecule has 0 aliphatic rings. The normalized spacial score (nSPS) is 10.5. The van der Waals surface area contributed by atoms with Crippen molar-refractivity contribution in [1.29, 1.82) is 0 Å². The van der Waals surface area contributed by atoms with E-state index in [4.69, 9.17) is 0 Å². The predicted octanol–water partition coefficient (Wildman–Crippen LogP) is 4.50. The van der Waals surface area contributed by atoms with Gasteiger partial charge in [0.2, 0.25) is 5.95 Å². The van der Waals surface area contributed by atoms with Gasteiger partial charge < -0.3 is 5.32 Å². The lowest BCUT2D eigenvalue weighted by Crippen LogP contribution is -2.01. The average molecular weight is 402 g/mol. The molecule has 2 aromatic heterocycles. The number of aromatic nitrogens is 3. The van der Waals surface area contributed by atoms with Crippen molar-refractivity contribution >= 4 is 34.2 Å². The maximum Gasteiger partial charge on any atom is 0.227 e. The van der Waals surface area contributed by atoms with Crippen molar-refractivity contribution < 1.29 is 0 Å². The van der Waals surface area contributed by atoms with Crippen LogP contribution in [-0.2, 0) is 0 Å². The Labute approximate surface area is 143 Å². The Balaban J connectivity index is 1.98. The lowest BCUT2D eigenvalue weighted by atomic mass is 10.2. The van der Waals surface area contributed by atoms with E-state index in [1.807, 2.05) is 31.3 Å². The Hall–Kier alpha value is -2.02. The standard InChI is InChI=1S/C17H15IN4/c1-11-5-6-14(18)9-15(11)21-17-20-12(2)8-16(22-17)13-4-3-7-19-10-13/h3-10H,1-2H3,(H,20,21,22). The van der Waals surface area contributed by atoms with E-state index in [1.54, 1.807) is 6.20 Å². The molecule has 0 saturated heterocycles. The second-order valence-corrected chi connectivity index (χ2v) is 6.29. The molecule has 0 amide bonds. The molecule has 0 atom stereocenters. The Morgan fingerprint density at radius 2 is 1.91 bits per heavy atom. The van der Waals surface area contributed by atoms with Crippen molar-refractivity contribution in [3.05, 3.63) is 63.6 Å². The van der Waals surface area contributed by atoms with E-state index >= 15 is 0 Å². The van der Waals surface area contributed by atoms with Gasteiger partial charge in [0.05, 0.1) is 5.69 Å². The zero-order valence-corrected chi connectivity index (χ0v) is 14.5. The van der Waals surface area contributed by atoms with Crippen LogP contribution < -0.4 is 5.32 Å².